The molecule has 0 saturated carbocycles. The molecular formula is C9H8N4O. The first kappa shape index (κ1) is 7.49. The number of aliphatic imine (C=N–C) groups is 1. The zero-order valence-electron chi connectivity index (χ0n) is 7.42. The first-order valence-electron chi connectivity index (χ1n) is 4.43. The number of benzene rings is 1. The van der Waals surface area contributed by atoms with E-state index in [4.69, 9.17) is 4.74 Å². The number of rotatable bonds is 0. The van der Waals surface area contributed by atoms with Crippen LogP contribution in [0.5, 0.6) is 0 Å². The Morgan fingerprint density at radius 1 is 1.29 bits per heavy atom. The quantitative estimate of drug-likeness (QED) is 0.610. The highest BCUT2D eigenvalue weighted by Crippen LogP contribution is 2.11. The zero-order chi connectivity index (χ0) is 9.38. The van der Waals surface area contributed by atoms with Gasteiger partial charge in [-0.3, -0.25) is 0 Å². The van der Waals surface area contributed by atoms with Gasteiger partial charge in [-0.15, -0.1) is 5.10 Å². The summed E-state index contributed by atoms with van der Waals surface area (Å²) >= 11 is 0. The second-order valence-electron chi connectivity index (χ2n) is 3.00. The molecule has 0 spiro atoms. The fourth-order valence-corrected chi connectivity index (χ4v) is 1.46. The lowest BCUT2D eigenvalue weighted by molar-refractivity contribution is 0.330. The minimum Gasteiger partial charge on any atom is -0.462 e. The summed E-state index contributed by atoms with van der Waals surface area (Å²) in [6.45, 7) is 1.33. The SMILES string of the molecule is c1ccc2c(c1)nnn2C1=NCCO1. The van der Waals surface area contributed by atoms with Crippen LogP contribution in [0.25, 0.3) is 11.0 Å². The molecule has 1 aliphatic heterocycles. The highest BCUT2D eigenvalue weighted by atomic mass is 16.5. The Bertz CT molecular complexity index is 502. The van der Waals surface area contributed by atoms with Crippen LogP contribution in [-0.2, 0) is 4.74 Å². The molecule has 14 heavy (non-hydrogen) atoms. The van der Waals surface area contributed by atoms with Crippen molar-refractivity contribution < 1.29 is 4.74 Å². The number of nitrogens with zero attached hydrogens (tertiary/aromatic N) is 4. The summed E-state index contributed by atoms with van der Waals surface area (Å²) in [7, 11) is 0. The third-order valence-electron chi connectivity index (χ3n) is 2.10. The fraction of sp³-hybridized carbons (Fsp3) is 0.222. The van der Waals surface area contributed by atoms with E-state index >= 15 is 0 Å². The Morgan fingerprint density at radius 3 is 3.07 bits per heavy atom. The zero-order valence-corrected chi connectivity index (χ0v) is 7.42. The van der Waals surface area contributed by atoms with E-state index in [9.17, 15) is 0 Å². The molecule has 0 fully saturated rings. The van der Waals surface area contributed by atoms with Crippen molar-refractivity contribution >= 4 is 17.1 Å². The average molecular weight is 188 g/mol. The van der Waals surface area contributed by atoms with Gasteiger partial charge in [0.25, 0.3) is 0 Å². The summed E-state index contributed by atoms with van der Waals surface area (Å²) < 4.78 is 6.94. The second kappa shape index (κ2) is 2.80. The lowest BCUT2D eigenvalue weighted by atomic mass is 10.3. The van der Waals surface area contributed by atoms with E-state index in [0.29, 0.717) is 19.2 Å². The number of ether oxygens (including phenoxy) is 1. The van der Waals surface area contributed by atoms with Crippen LogP contribution in [0.2, 0.25) is 0 Å². The van der Waals surface area contributed by atoms with Crippen molar-refractivity contribution in [3.05, 3.63) is 24.3 Å². The van der Waals surface area contributed by atoms with Gasteiger partial charge in [-0.05, 0) is 12.1 Å². The maximum atomic E-state index is 5.32. The number of fused-ring (bicyclic) bond motifs is 1. The van der Waals surface area contributed by atoms with Gasteiger partial charge in [0.1, 0.15) is 12.1 Å². The molecule has 1 aromatic carbocycles. The van der Waals surface area contributed by atoms with E-state index in [1.165, 1.54) is 0 Å². The molecule has 70 valence electrons. The predicted molar refractivity (Wildman–Crippen MR) is 51.2 cm³/mol. The average Bonchev–Trinajstić information content (AvgIpc) is 2.85. The largest absolute Gasteiger partial charge is 0.462 e. The molecule has 2 heterocycles. The normalized spacial score (nSPS) is 15.6. The van der Waals surface area contributed by atoms with Crippen molar-refractivity contribution in [1.82, 2.24) is 15.0 Å². The number of hydrogen-bond donors (Lipinski definition) is 0. The summed E-state index contributed by atoms with van der Waals surface area (Å²) in [5.41, 5.74) is 1.78. The van der Waals surface area contributed by atoms with Crippen molar-refractivity contribution in [3.63, 3.8) is 0 Å². The van der Waals surface area contributed by atoms with Crippen molar-refractivity contribution in [2.75, 3.05) is 13.2 Å². The molecule has 1 aromatic heterocycles. The molecule has 0 bridgehead atoms. The van der Waals surface area contributed by atoms with Gasteiger partial charge in [0.15, 0.2) is 0 Å². The maximum Gasteiger partial charge on any atom is 0.315 e. The molecule has 0 unspecified atom stereocenters. The highest BCUT2D eigenvalue weighted by molar-refractivity contribution is 5.87. The van der Waals surface area contributed by atoms with Gasteiger partial charge in [-0.1, -0.05) is 17.3 Å². The molecule has 0 atom stereocenters. The van der Waals surface area contributed by atoms with Crippen LogP contribution in [0, 0.1) is 0 Å². The van der Waals surface area contributed by atoms with Gasteiger partial charge in [-0.25, -0.2) is 4.99 Å². The van der Waals surface area contributed by atoms with E-state index in [0.717, 1.165) is 11.0 Å². The summed E-state index contributed by atoms with van der Waals surface area (Å²) in [6.07, 6.45) is 0. The van der Waals surface area contributed by atoms with Gasteiger partial charge in [-0.2, -0.15) is 4.68 Å². The lowest BCUT2D eigenvalue weighted by Gasteiger charge is -1.99. The predicted octanol–water partition coefficient (Wildman–Crippen LogP) is 0.666. The standard InChI is InChI=1S/C9H8N4O/c1-2-4-8-7(3-1)11-12-13(8)9-10-5-6-14-9/h1-4H,5-6H2. The Labute approximate surface area is 80.0 Å². The number of hydrogen-bond acceptors (Lipinski definition) is 4. The Kier molecular flexibility index (Phi) is 1.50. The maximum absolute atomic E-state index is 5.32. The third-order valence-corrected chi connectivity index (χ3v) is 2.10. The van der Waals surface area contributed by atoms with Crippen LogP contribution in [-0.4, -0.2) is 34.2 Å². The van der Waals surface area contributed by atoms with E-state index in [1.807, 2.05) is 24.3 Å². The van der Waals surface area contributed by atoms with Crippen molar-refractivity contribution in [3.8, 4) is 0 Å². The van der Waals surface area contributed by atoms with E-state index in [2.05, 4.69) is 15.3 Å². The minimum atomic E-state index is 0.540. The first-order valence-corrected chi connectivity index (χ1v) is 4.43. The molecule has 3 rings (SSSR count). The summed E-state index contributed by atoms with van der Waals surface area (Å²) in [6, 6.07) is 8.27. The number of para-hydroxylation sites is 1. The first-order chi connectivity index (χ1) is 6.95. The molecule has 2 aromatic rings. The Balaban J connectivity index is 2.21. The van der Waals surface area contributed by atoms with Gasteiger partial charge in [0.05, 0.1) is 12.1 Å². The Hall–Kier alpha value is -1.91. The lowest BCUT2D eigenvalue weighted by Crippen LogP contribution is -2.13. The van der Waals surface area contributed by atoms with E-state index < -0.39 is 0 Å². The van der Waals surface area contributed by atoms with Crippen LogP contribution in [0.1, 0.15) is 0 Å². The monoisotopic (exact) mass is 188 g/mol. The molecule has 0 aliphatic carbocycles. The van der Waals surface area contributed by atoms with Crippen LogP contribution in [0.3, 0.4) is 0 Å². The summed E-state index contributed by atoms with van der Waals surface area (Å²) in [4.78, 5) is 4.18. The molecule has 0 amide bonds. The van der Waals surface area contributed by atoms with Crippen LogP contribution < -0.4 is 0 Å². The number of aromatic nitrogens is 3. The van der Waals surface area contributed by atoms with Crippen LogP contribution in [0.4, 0.5) is 0 Å². The second-order valence-corrected chi connectivity index (χ2v) is 3.00. The molecule has 5 heteroatoms. The van der Waals surface area contributed by atoms with E-state index in [-0.39, 0.29) is 0 Å². The van der Waals surface area contributed by atoms with Gasteiger partial charge < -0.3 is 4.74 Å². The summed E-state index contributed by atoms with van der Waals surface area (Å²) in [5, 5.41) is 8.00. The molecule has 0 saturated heterocycles. The van der Waals surface area contributed by atoms with Crippen molar-refractivity contribution in [2.24, 2.45) is 4.99 Å². The molecule has 1 aliphatic rings. The van der Waals surface area contributed by atoms with Crippen molar-refractivity contribution in [1.29, 1.82) is 0 Å². The van der Waals surface area contributed by atoms with Crippen LogP contribution >= 0.6 is 0 Å². The van der Waals surface area contributed by atoms with E-state index in [1.54, 1.807) is 4.68 Å². The summed E-state index contributed by atoms with van der Waals surface area (Å²) in [5.74, 6) is 0. The fourth-order valence-electron chi connectivity index (χ4n) is 1.46. The minimum absolute atomic E-state index is 0.540. The molecule has 0 radical (unpaired) electrons. The van der Waals surface area contributed by atoms with Crippen LogP contribution in [0.15, 0.2) is 29.3 Å². The Morgan fingerprint density at radius 2 is 2.21 bits per heavy atom. The molecule has 5 nitrogen and oxygen atoms in total. The van der Waals surface area contributed by atoms with Gasteiger partial charge in [0.2, 0.25) is 0 Å². The molecular weight excluding hydrogens is 180 g/mol. The van der Waals surface area contributed by atoms with Gasteiger partial charge >= 0.3 is 6.02 Å². The smallest absolute Gasteiger partial charge is 0.315 e. The topological polar surface area (TPSA) is 52.3 Å². The third kappa shape index (κ3) is 0.985. The van der Waals surface area contributed by atoms with Gasteiger partial charge in [0, 0.05) is 0 Å². The molecule has 0 N–H and O–H groups in total. The highest BCUT2D eigenvalue weighted by Gasteiger charge is 2.14. The van der Waals surface area contributed by atoms with Crippen molar-refractivity contribution in [2.45, 2.75) is 0 Å².